The van der Waals surface area contributed by atoms with E-state index in [1.165, 1.54) is 11.8 Å². The van der Waals surface area contributed by atoms with Gasteiger partial charge in [0.25, 0.3) is 5.91 Å². The van der Waals surface area contributed by atoms with Gasteiger partial charge in [-0.3, -0.25) is 19.3 Å². The van der Waals surface area contributed by atoms with Crippen molar-refractivity contribution in [2.24, 2.45) is 0 Å². The number of benzene rings is 1. The van der Waals surface area contributed by atoms with Crippen molar-refractivity contribution in [1.29, 1.82) is 0 Å². The van der Waals surface area contributed by atoms with Gasteiger partial charge < -0.3 is 15.2 Å². The molecule has 130 valence electrons. The number of hydrogen-bond acceptors (Lipinski definition) is 5. The van der Waals surface area contributed by atoms with Gasteiger partial charge in [0.2, 0.25) is 5.91 Å². The van der Waals surface area contributed by atoms with Crippen molar-refractivity contribution in [3.63, 3.8) is 0 Å². The van der Waals surface area contributed by atoms with Crippen LogP contribution in [0.3, 0.4) is 0 Å². The number of nitrogens with zero attached hydrogens (tertiary/aromatic N) is 1. The number of fused-ring (bicyclic) bond motifs is 1. The summed E-state index contributed by atoms with van der Waals surface area (Å²) in [4.78, 5) is 37.7. The van der Waals surface area contributed by atoms with E-state index in [9.17, 15) is 19.5 Å². The molecule has 2 rings (SSSR count). The second kappa shape index (κ2) is 6.60. The molecule has 1 aromatic carbocycles. The first-order valence-corrected chi connectivity index (χ1v) is 7.69. The van der Waals surface area contributed by atoms with E-state index in [2.05, 4.69) is 5.32 Å². The maximum Gasteiger partial charge on any atom is 0.265 e. The van der Waals surface area contributed by atoms with Gasteiger partial charge in [-0.25, -0.2) is 0 Å². The molecule has 2 amide bonds. The van der Waals surface area contributed by atoms with Crippen molar-refractivity contribution in [2.75, 3.05) is 18.1 Å². The highest BCUT2D eigenvalue weighted by Crippen LogP contribution is 2.34. The molecule has 0 bridgehead atoms. The molecule has 1 unspecified atom stereocenters. The first kappa shape index (κ1) is 17.9. The molecule has 0 saturated carbocycles. The number of amides is 2. The Morgan fingerprint density at radius 3 is 2.67 bits per heavy atom. The molecule has 0 radical (unpaired) electrons. The van der Waals surface area contributed by atoms with Crippen molar-refractivity contribution in [2.45, 2.75) is 39.3 Å². The van der Waals surface area contributed by atoms with Crippen molar-refractivity contribution in [3.05, 3.63) is 23.8 Å². The summed E-state index contributed by atoms with van der Waals surface area (Å²) in [5.74, 6) is -0.467. The lowest BCUT2D eigenvalue weighted by atomic mass is 10.0. The van der Waals surface area contributed by atoms with Crippen molar-refractivity contribution in [1.82, 2.24) is 5.32 Å². The normalized spacial score (nSPS) is 15.4. The molecule has 1 heterocycles. The number of anilines is 1. The second-order valence-corrected chi connectivity index (χ2v) is 6.50. The Bertz CT molecular complexity index is 684. The molecule has 1 aliphatic heterocycles. The van der Waals surface area contributed by atoms with Gasteiger partial charge in [-0.15, -0.1) is 0 Å². The van der Waals surface area contributed by atoms with Crippen LogP contribution in [0.5, 0.6) is 5.75 Å². The maximum absolute atomic E-state index is 12.5. The summed E-state index contributed by atoms with van der Waals surface area (Å²) in [7, 11) is 0. The highest BCUT2D eigenvalue weighted by molar-refractivity contribution is 6.05. The van der Waals surface area contributed by atoms with Crippen LogP contribution in [0.1, 0.15) is 38.1 Å². The fourth-order valence-electron chi connectivity index (χ4n) is 2.41. The Kier molecular flexibility index (Phi) is 4.94. The van der Waals surface area contributed by atoms with Gasteiger partial charge in [-0.1, -0.05) is 0 Å². The number of ether oxygens (including phenoxy) is 1. The van der Waals surface area contributed by atoms with Gasteiger partial charge in [-0.2, -0.15) is 0 Å². The van der Waals surface area contributed by atoms with Gasteiger partial charge in [-0.05, 0) is 45.9 Å². The third kappa shape index (κ3) is 3.56. The quantitative estimate of drug-likeness (QED) is 0.780. The summed E-state index contributed by atoms with van der Waals surface area (Å²) in [5, 5.41) is 12.0. The molecule has 7 heteroatoms. The van der Waals surface area contributed by atoms with Crippen molar-refractivity contribution < 1.29 is 24.2 Å². The van der Waals surface area contributed by atoms with Crippen LogP contribution in [0.2, 0.25) is 0 Å². The molecule has 0 fully saturated rings. The Morgan fingerprint density at radius 2 is 2.08 bits per heavy atom. The lowest BCUT2D eigenvalue weighted by Crippen LogP contribution is -2.56. The second-order valence-electron chi connectivity index (χ2n) is 6.50. The maximum atomic E-state index is 12.5. The largest absolute Gasteiger partial charge is 0.482 e. The minimum atomic E-state index is -0.812. The lowest BCUT2D eigenvalue weighted by molar-refractivity contribution is -0.128. The Labute approximate surface area is 140 Å². The highest BCUT2D eigenvalue weighted by Gasteiger charge is 2.35. The summed E-state index contributed by atoms with van der Waals surface area (Å²) in [6, 6.07) is 3.98. The molecule has 2 N–H and O–H groups in total. The van der Waals surface area contributed by atoms with E-state index in [4.69, 9.17) is 4.74 Å². The zero-order valence-corrected chi connectivity index (χ0v) is 14.3. The van der Waals surface area contributed by atoms with E-state index >= 15 is 0 Å². The third-order valence-corrected chi connectivity index (χ3v) is 3.87. The average Bonchev–Trinajstić information content (AvgIpc) is 2.53. The van der Waals surface area contributed by atoms with Crippen LogP contribution < -0.4 is 15.0 Å². The number of Topliss-reactive ketones (excluding diaryl/α,β-unsaturated/α-hetero) is 1. The van der Waals surface area contributed by atoms with Gasteiger partial charge in [0, 0.05) is 5.56 Å². The van der Waals surface area contributed by atoms with Gasteiger partial charge >= 0.3 is 0 Å². The Hall–Kier alpha value is -2.41. The molecule has 0 spiro atoms. The van der Waals surface area contributed by atoms with Crippen LogP contribution in [-0.4, -0.2) is 47.5 Å². The SMILES string of the molecule is CC(=O)c1ccc2c(c1)N(C(C)C(=O)NC(C)(C)CO)C(=O)CO2. The smallest absolute Gasteiger partial charge is 0.265 e. The Balaban J connectivity index is 2.36. The molecule has 0 aliphatic carbocycles. The number of carbonyl (C=O) groups excluding carboxylic acids is 3. The first-order chi connectivity index (χ1) is 11.2. The van der Waals surface area contributed by atoms with E-state index in [0.717, 1.165) is 0 Å². The number of aliphatic hydroxyl groups excluding tert-OH is 1. The van der Waals surface area contributed by atoms with Gasteiger partial charge in [0.05, 0.1) is 17.8 Å². The standard InChI is InChI=1S/C17H22N2O5/c1-10(16(23)18-17(3,4)9-20)19-13-7-12(11(2)21)5-6-14(13)24-8-15(19)22/h5-7,10,20H,8-9H2,1-4H3,(H,18,23). The average molecular weight is 334 g/mol. The fourth-order valence-corrected chi connectivity index (χ4v) is 2.41. The lowest BCUT2D eigenvalue weighted by Gasteiger charge is -2.35. The summed E-state index contributed by atoms with van der Waals surface area (Å²) in [5.41, 5.74) is 0.0221. The monoisotopic (exact) mass is 334 g/mol. The molecule has 1 aromatic rings. The van der Waals surface area contributed by atoms with E-state index in [1.807, 2.05) is 0 Å². The number of aliphatic hydroxyl groups is 1. The predicted molar refractivity (Wildman–Crippen MR) is 88.2 cm³/mol. The highest BCUT2D eigenvalue weighted by atomic mass is 16.5. The number of ketones is 1. The number of hydrogen-bond donors (Lipinski definition) is 2. The minimum Gasteiger partial charge on any atom is -0.482 e. The van der Waals surface area contributed by atoms with E-state index < -0.39 is 17.5 Å². The number of carbonyl (C=O) groups is 3. The molecule has 7 nitrogen and oxygen atoms in total. The summed E-state index contributed by atoms with van der Waals surface area (Å²) >= 11 is 0. The zero-order chi connectivity index (χ0) is 18.1. The fraction of sp³-hybridized carbons (Fsp3) is 0.471. The molecular weight excluding hydrogens is 312 g/mol. The van der Waals surface area contributed by atoms with E-state index in [-0.39, 0.29) is 24.9 Å². The molecular formula is C17H22N2O5. The van der Waals surface area contributed by atoms with Crippen LogP contribution in [0.15, 0.2) is 18.2 Å². The summed E-state index contributed by atoms with van der Waals surface area (Å²) in [6.45, 7) is 5.98. The molecule has 0 saturated heterocycles. The predicted octanol–water partition coefficient (Wildman–Crippen LogP) is 0.890. The molecule has 1 aliphatic rings. The van der Waals surface area contributed by atoms with Gasteiger partial charge in [0.1, 0.15) is 11.8 Å². The molecule has 24 heavy (non-hydrogen) atoms. The Morgan fingerprint density at radius 1 is 1.42 bits per heavy atom. The first-order valence-electron chi connectivity index (χ1n) is 7.69. The van der Waals surface area contributed by atoms with Crippen molar-refractivity contribution in [3.8, 4) is 5.75 Å². The van der Waals surface area contributed by atoms with E-state index in [0.29, 0.717) is 17.0 Å². The topological polar surface area (TPSA) is 95.9 Å². The van der Waals surface area contributed by atoms with Crippen LogP contribution in [0, 0.1) is 0 Å². The minimum absolute atomic E-state index is 0.144. The van der Waals surface area contributed by atoms with Crippen LogP contribution in [0.4, 0.5) is 5.69 Å². The van der Waals surface area contributed by atoms with Crippen LogP contribution in [-0.2, 0) is 9.59 Å². The molecule has 1 atom stereocenters. The van der Waals surface area contributed by atoms with Crippen LogP contribution >= 0.6 is 0 Å². The van der Waals surface area contributed by atoms with E-state index in [1.54, 1.807) is 39.0 Å². The van der Waals surface area contributed by atoms with Crippen molar-refractivity contribution >= 4 is 23.3 Å². The van der Waals surface area contributed by atoms with Crippen LogP contribution in [0.25, 0.3) is 0 Å². The number of nitrogens with one attached hydrogen (secondary N) is 1. The number of rotatable bonds is 5. The zero-order valence-electron chi connectivity index (χ0n) is 14.3. The van der Waals surface area contributed by atoms with Gasteiger partial charge in [0.15, 0.2) is 12.4 Å². The molecule has 0 aromatic heterocycles. The summed E-state index contributed by atoms with van der Waals surface area (Å²) in [6.07, 6.45) is 0. The summed E-state index contributed by atoms with van der Waals surface area (Å²) < 4.78 is 5.38. The third-order valence-electron chi connectivity index (χ3n) is 3.87.